The molecule has 0 radical (unpaired) electrons. The van der Waals surface area contributed by atoms with Gasteiger partial charge in [-0.15, -0.1) is 12.4 Å². The second kappa shape index (κ2) is 10.4. The number of methoxy groups -OCH3 is 1. The average molecular weight is 436 g/mol. The van der Waals surface area contributed by atoms with Gasteiger partial charge in [-0.2, -0.15) is 0 Å². The van der Waals surface area contributed by atoms with Gasteiger partial charge in [0.25, 0.3) is 5.91 Å². The van der Waals surface area contributed by atoms with Gasteiger partial charge < -0.3 is 14.4 Å². The van der Waals surface area contributed by atoms with Crippen LogP contribution in [0.4, 0.5) is 5.13 Å². The number of nitrogens with zero attached hydrogens (tertiary/aromatic N) is 3. The fraction of sp³-hybridized carbons (Fsp3) is 0.333. The lowest BCUT2D eigenvalue weighted by Crippen LogP contribution is -2.36. The summed E-state index contributed by atoms with van der Waals surface area (Å²) in [5.74, 6) is 1.38. The molecule has 1 heterocycles. The van der Waals surface area contributed by atoms with E-state index in [-0.39, 0.29) is 18.3 Å². The third kappa shape index (κ3) is 5.38. The van der Waals surface area contributed by atoms with Crippen LogP contribution >= 0.6 is 23.7 Å². The topological polar surface area (TPSA) is 54.9 Å². The number of anilines is 1. The SMILES string of the molecule is CCOc1cccc2sc(N(CCN(C)C)C(=O)c3ccc(OC)cc3)nc12.Cl. The van der Waals surface area contributed by atoms with Crippen LogP contribution in [0.1, 0.15) is 17.3 Å². The lowest BCUT2D eigenvalue weighted by atomic mass is 10.2. The highest BCUT2D eigenvalue weighted by molar-refractivity contribution is 7.22. The molecule has 2 aromatic carbocycles. The minimum absolute atomic E-state index is 0. The predicted molar refractivity (Wildman–Crippen MR) is 121 cm³/mol. The number of thiazole rings is 1. The minimum atomic E-state index is -0.0819. The van der Waals surface area contributed by atoms with Gasteiger partial charge in [0.05, 0.1) is 18.4 Å². The highest BCUT2D eigenvalue weighted by Gasteiger charge is 2.22. The van der Waals surface area contributed by atoms with Crippen LogP contribution in [0.15, 0.2) is 42.5 Å². The zero-order chi connectivity index (χ0) is 20.1. The Bertz CT molecular complexity index is 944. The Balaban J connectivity index is 0.00000300. The maximum atomic E-state index is 13.2. The van der Waals surface area contributed by atoms with Crippen molar-refractivity contribution in [3.05, 3.63) is 48.0 Å². The van der Waals surface area contributed by atoms with E-state index in [4.69, 9.17) is 14.5 Å². The molecule has 1 amide bonds. The summed E-state index contributed by atoms with van der Waals surface area (Å²) < 4.78 is 11.9. The summed E-state index contributed by atoms with van der Waals surface area (Å²) >= 11 is 1.50. The third-order valence-corrected chi connectivity index (χ3v) is 5.30. The second-order valence-corrected chi connectivity index (χ2v) is 7.53. The van der Waals surface area contributed by atoms with Crippen molar-refractivity contribution in [1.29, 1.82) is 0 Å². The Morgan fingerprint density at radius 3 is 2.45 bits per heavy atom. The van der Waals surface area contributed by atoms with E-state index < -0.39 is 0 Å². The van der Waals surface area contributed by atoms with E-state index in [0.29, 0.717) is 23.8 Å². The van der Waals surface area contributed by atoms with Crippen LogP contribution < -0.4 is 14.4 Å². The quantitative estimate of drug-likeness (QED) is 0.527. The van der Waals surface area contributed by atoms with Crippen LogP contribution in [0.2, 0.25) is 0 Å². The number of halogens is 1. The number of likely N-dealkylation sites (N-methyl/N-ethyl adjacent to an activating group) is 1. The van der Waals surface area contributed by atoms with Gasteiger partial charge in [-0.1, -0.05) is 17.4 Å². The van der Waals surface area contributed by atoms with Gasteiger partial charge in [0.2, 0.25) is 0 Å². The van der Waals surface area contributed by atoms with E-state index in [2.05, 4.69) is 0 Å². The number of amides is 1. The molecule has 3 aromatic rings. The normalized spacial score (nSPS) is 10.7. The fourth-order valence-electron chi connectivity index (χ4n) is 2.77. The molecule has 0 aliphatic carbocycles. The first-order valence-corrected chi connectivity index (χ1v) is 9.98. The van der Waals surface area contributed by atoms with Crippen LogP contribution in [-0.4, -0.2) is 56.7 Å². The predicted octanol–water partition coefficient (Wildman–Crippen LogP) is 4.33. The van der Waals surface area contributed by atoms with Gasteiger partial charge in [-0.3, -0.25) is 9.69 Å². The van der Waals surface area contributed by atoms with E-state index in [0.717, 1.165) is 28.3 Å². The third-order valence-electron chi connectivity index (χ3n) is 4.25. The number of hydrogen-bond donors (Lipinski definition) is 0. The second-order valence-electron chi connectivity index (χ2n) is 6.52. The van der Waals surface area contributed by atoms with Crippen LogP contribution in [-0.2, 0) is 0 Å². The Morgan fingerprint density at radius 1 is 1.10 bits per heavy atom. The summed E-state index contributed by atoms with van der Waals surface area (Å²) in [7, 11) is 5.58. The summed E-state index contributed by atoms with van der Waals surface area (Å²) in [5, 5.41) is 0.671. The summed E-state index contributed by atoms with van der Waals surface area (Å²) in [4.78, 5) is 21.8. The van der Waals surface area contributed by atoms with Crippen molar-refractivity contribution in [1.82, 2.24) is 9.88 Å². The molecule has 156 valence electrons. The van der Waals surface area contributed by atoms with Crippen LogP contribution in [0.3, 0.4) is 0 Å². The summed E-state index contributed by atoms with van der Waals surface area (Å²) in [6.07, 6.45) is 0. The first kappa shape index (κ1) is 22.9. The number of carbonyl (C=O) groups excluding carboxylic acids is 1. The van der Waals surface area contributed by atoms with Gasteiger partial charge >= 0.3 is 0 Å². The molecule has 6 nitrogen and oxygen atoms in total. The Hall–Kier alpha value is -2.35. The largest absolute Gasteiger partial charge is 0.497 e. The standard InChI is InChI=1S/C21H25N3O3S.ClH/c1-5-27-17-7-6-8-18-19(17)22-21(28-18)24(14-13-23(2)3)20(25)15-9-11-16(26-4)12-10-15;/h6-12H,5,13-14H2,1-4H3;1H. The zero-order valence-corrected chi connectivity index (χ0v) is 18.7. The van der Waals surface area contributed by atoms with Crippen molar-refractivity contribution in [3.8, 4) is 11.5 Å². The van der Waals surface area contributed by atoms with Crippen LogP contribution in [0.25, 0.3) is 10.2 Å². The number of benzene rings is 2. The molecule has 1 aromatic heterocycles. The number of para-hydroxylation sites is 1. The lowest BCUT2D eigenvalue weighted by Gasteiger charge is -2.22. The van der Waals surface area contributed by atoms with E-state index in [1.165, 1.54) is 11.3 Å². The number of aromatic nitrogens is 1. The van der Waals surface area contributed by atoms with Gasteiger partial charge in [-0.25, -0.2) is 4.98 Å². The highest BCUT2D eigenvalue weighted by atomic mass is 35.5. The lowest BCUT2D eigenvalue weighted by molar-refractivity contribution is 0.0985. The number of hydrogen-bond acceptors (Lipinski definition) is 6. The molecular weight excluding hydrogens is 410 g/mol. The monoisotopic (exact) mass is 435 g/mol. The first-order valence-electron chi connectivity index (χ1n) is 9.16. The molecule has 0 N–H and O–H groups in total. The number of fused-ring (bicyclic) bond motifs is 1. The maximum absolute atomic E-state index is 13.2. The molecule has 0 bridgehead atoms. The van der Waals surface area contributed by atoms with Crippen LogP contribution in [0.5, 0.6) is 11.5 Å². The number of carbonyl (C=O) groups is 1. The summed E-state index contributed by atoms with van der Waals surface area (Å²) in [6, 6.07) is 13.0. The molecular formula is C21H26ClN3O3S. The summed E-state index contributed by atoms with van der Waals surface area (Å²) in [6.45, 7) is 3.79. The number of rotatable bonds is 8. The maximum Gasteiger partial charge on any atom is 0.260 e. The molecule has 0 aliphatic heterocycles. The molecule has 0 unspecified atom stereocenters. The molecule has 8 heteroatoms. The van der Waals surface area contributed by atoms with Crippen molar-refractivity contribution in [2.75, 3.05) is 45.8 Å². The van der Waals surface area contributed by atoms with E-state index in [1.807, 2.05) is 44.1 Å². The zero-order valence-electron chi connectivity index (χ0n) is 17.0. The van der Waals surface area contributed by atoms with Gasteiger partial charge in [0.15, 0.2) is 5.13 Å². The van der Waals surface area contributed by atoms with Crippen molar-refractivity contribution in [2.24, 2.45) is 0 Å². The minimum Gasteiger partial charge on any atom is -0.497 e. The van der Waals surface area contributed by atoms with Crippen molar-refractivity contribution in [3.63, 3.8) is 0 Å². The molecule has 0 aliphatic rings. The fourth-order valence-corrected chi connectivity index (χ4v) is 3.78. The molecule has 0 fully saturated rings. The average Bonchev–Trinajstić information content (AvgIpc) is 3.13. The van der Waals surface area contributed by atoms with Gasteiger partial charge in [0, 0.05) is 18.7 Å². The molecule has 0 saturated carbocycles. The Labute approximate surface area is 181 Å². The van der Waals surface area contributed by atoms with Crippen LogP contribution in [0, 0.1) is 0 Å². The van der Waals surface area contributed by atoms with Crippen molar-refractivity contribution < 1.29 is 14.3 Å². The highest BCUT2D eigenvalue weighted by Crippen LogP contribution is 2.34. The number of ether oxygens (including phenoxy) is 2. The Kier molecular flexibility index (Phi) is 8.25. The van der Waals surface area contributed by atoms with E-state index in [1.54, 1.807) is 36.3 Å². The van der Waals surface area contributed by atoms with Gasteiger partial charge in [0.1, 0.15) is 17.0 Å². The van der Waals surface area contributed by atoms with Crippen molar-refractivity contribution >= 4 is 45.0 Å². The van der Waals surface area contributed by atoms with Crippen molar-refractivity contribution in [2.45, 2.75) is 6.92 Å². The Morgan fingerprint density at radius 2 is 1.83 bits per heavy atom. The summed E-state index contributed by atoms with van der Waals surface area (Å²) in [5.41, 5.74) is 1.39. The van der Waals surface area contributed by atoms with E-state index in [9.17, 15) is 4.79 Å². The first-order chi connectivity index (χ1) is 13.5. The smallest absolute Gasteiger partial charge is 0.260 e. The van der Waals surface area contributed by atoms with Gasteiger partial charge in [-0.05, 0) is 57.4 Å². The molecule has 0 atom stereocenters. The molecule has 3 rings (SSSR count). The van der Waals surface area contributed by atoms with E-state index >= 15 is 0 Å². The molecule has 0 spiro atoms. The molecule has 0 saturated heterocycles. The molecule has 29 heavy (non-hydrogen) atoms.